The van der Waals surface area contributed by atoms with Gasteiger partial charge in [0, 0.05) is 12.1 Å². The van der Waals surface area contributed by atoms with E-state index in [-0.39, 0.29) is 5.75 Å². The number of rotatable bonds is 4. The van der Waals surface area contributed by atoms with Gasteiger partial charge in [-0.3, -0.25) is 0 Å². The van der Waals surface area contributed by atoms with Crippen LogP contribution in [0.15, 0.2) is 12.1 Å². The first-order valence-corrected chi connectivity index (χ1v) is 5.09. The minimum absolute atomic E-state index is 0.0342. The van der Waals surface area contributed by atoms with Gasteiger partial charge in [0.25, 0.3) is 0 Å². The highest BCUT2D eigenvalue weighted by Crippen LogP contribution is 2.19. The summed E-state index contributed by atoms with van der Waals surface area (Å²) in [4.78, 5) is 3.98. The highest BCUT2D eigenvalue weighted by molar-refractivity contribution is 7.78. The molecule has 0 spiro atoms. The molecule has 0 amide bonds. The molecule has 0 fully saturated rings. The van der Waals surface area contributed by atoms with Gasteiger partial charge in [0.15, 0.2) is 11.1 Å². The van der Waals surface area contributed by atoms with E-state index in [0.29, 0.717) is 17.3 Å². The van der Waals surface area contributed by atoms with Crippen LogP contribution in [0.5, 0.6) is 11.6 Å². The Hall–Kier alpha value is -1.14. The van der Waals surface area contributed by atoms with E-state index in [1.54, 1.807) is 12.1 Å². The predicted molar refractivity (Wildman–Crippen MR) is 51.8 cm³/mol. The summed E-state index contributed by atoms with van der Waals surface area (Å²) >= 11 is -1.91. The van der Waals surface area contributed by atoms with Crippen LogP contribution in [0, 0.1) is 0 Å². The molecule has 0 saturated heterocycles. The molecule has 1 aromatic rings. The van der Waals surface area contributed by atoms with Gasteiger partial charge in [-0.05, 0) is 0 Å². The lowest BCUT2D eigenvalue weighted by Gasteiger charge is -2.05. The van der Waals surface area contributed by atoms with Crippen molar-refractivity contribution in [3.05, 3.63) is 17.8 Å². The molecule has 1 atom stereocenters. The quantitative estimate of drug-likeness (QED) is 0.756. The molecule has 0 aliphatic rings. The largest absolute Gasteiger partial charge is 0.496 e. The zero-order chi connectivity index (χ0) is 10.6. The second kappa shape index (κ2) is 4.92. The van der Waals surface area contributed by atoms with Gasteiger partial charge in [0.1, 0.15) is 5.75 Å². The van der Waals surface area contributed by atoms with Gasteiger partial charge in [-0.25, -0.2) is 9.19 Å². The Morgan fingerprint density at radius 2 is 2.14 bits per heavy atom. The molecule has 5 nitrogen and oxygen atoms in total. The van der Waals surface area contributed by atoms with Gasteiger partial charge in [-0.2, -0.15) is 0 Å². The first-order valence-electron chi connectivity index (χ1n) is 3.82. The molecule has 1 rings (SSSR count). The summed E-state index contributed by atoms with van der Waals surface area (Å²) in [6.07, 6.45) is 0. The van der Waals surface area contributed by atoms with Crippen LogP contribution in [0.4, 0.5) is 0 Å². The lowest BCUT2D eigenvalue weighted by Crippen LogP contribution is -1.99. The predicted octanol–water partition coefficient (Wildman–Crippen LogP) is 0.821. The zero-order valence-electron chi connectivity index (χ0n) is 7.89. The molecule has 1 unspecified atom stereocenters. The van der Waals surface area contributed by atoms with Crippen LogP contribution < -0.4 is 9.47 Å². The van der Waals surface area contributed by atoms with E-state index in [1.807, 2.05) is 0 Å². The van der Waals surface area contributed by atoms with E-state index in [9.17, 15) is 4.21 Å². The smallest absolute Gasteiger partial charge is 0.216 e. The molecule has 0 aromatic carbocycles. The Morgan fingerprint density at radius 3 is 2.64 bits per heavy atom. The van der Waals surface area contributed by atoms with Crippen LogP contribution in [0.3, 0.4) is 0 Å². The van der Waals surface area contributed by atoms with Crippen molar-refractivity contribution in [3.63, 3.8) is 0 Å². The van der Waals surface area contributed by atoms with Gasteiger partial charge in [-0.1, -0.05) is 0 Å². The molecule has 0 radical (unpaired) electrons. The summed E-state index contributed by atoms with van der Waals surface area (Å²) in [5.74, 6) is 0.884. The van der Waals surface area contributed by atoms with Gasteiger partial charge >= 0.3 is 0 Å². The molecular formula is C8H11NO4S. The van der Waals surface area contributed by atoms with Crippen LogP contribution in [0.1, 0.15) is 5.69 Å². The average molecular weight is 217 g/mol. The fourth-order valence-electron chi connectivity index (χ4n) is 0.957. The van der Waals surface area contributed by atoms with E-state index in [4.69, 9.17) is 14.0 Å². The van der Waals surface area contributed by atoms with Crippen molar-refractivity contribution in [2.24, 2.45) is 0 Å². The highest BCUT2D eigenvalue weighted by atomic mass is 32.2. The maximum atomic E-state index is 10.6. The molecule has 0 aliphatic heterocycles. The van der Waals surface area contributed by atoms with Crippen LogP contribution >= 0.6 is 0 Å². The maximum absolute atomic E-state index is 10.6. The Bertz CT molecular complexity index is 320. The lowest BCUT2D eigenvalue weighted by atomic mass is 10.3. The van der Waals surface area contributed by atoms with Crippen molar-refractivity contribution in [1.29, 1.82) is 0 Å². The second-order valence-electron chi connectivity index (χ2n) is 2.51. The summed E-state index contributed by atoms with van der Waals surface area (Å²) in [5.41, 5.74) is 0.460. The van der Waals surface area contributed by atoms with Crippen LogP contribution in [0.25, 0.3) is 0 Å². The first-order chi connectivity index (χ1) is 6.65. The molecule has 1 heterocycles. The second-order valence-corrected chi connectivity index (χ2v) is 3.44. The monoisotopic (exact) mass is 217 g/mol. The minimum Gasteiger partial charge on any atom is -0.496 e. The fraction of sp³-hybridized carbons (Fsp3) is 0.375. The summed E-state index contributed by atoms with van der Waals surface area (Å²) in [6, 6.07) is 3.19. The van der Waals surface area contributed by atoms with E-state index in [1.165, 1.54) is 14.2 Å². The van der Waals surface area contributed by atoms with Crippen LogP contribution in [-0.4, -0.2) is 28.0 Å². The maximum Gasteiger partial charge on any atom is 0.216 e. The highest BCUT2D eigenvalue weighted by Gasteiger charge is 2.05. The van der Waals surface area contributed by atoms with E-state index >= 15 is 0 Å². The Morgan fingerprint density at radius 1 is 1.43 bits per heavy atom. The number of pyridine rings is 1. The summed E-state index contributed by atoms with van der Waals surface area (Å²) in [6.45, 7) is 0. The number of hydrogen-bond acceptors (Lipinski definition) is 4. The first kappa shape index (κ1) is 10.9. The molecule has 0 bridgehead atoms. The number of methoxy groups -OCH3 is 2. The van der Waals surface area contributed by atoms with Crippen molar-refractivity contribution < 1.29 is 18.2 Å². The van der Waals surface area contributed by atoms with Crippen molar-refractivity contribution >= 4 is 11.1 Å². The lowest BCUT2D eigenvalue weighted by molar-refractivity contribution is 0.381. The summed E-state index contributed by atoms with van der Waals surface area (Å²) < 4.78 is 29.1. The number of nitrogens with zero attached hydrogens (tertiary/aromatic N) is 1. The van der Waals surface area contributed by atoms with Crippen molar-refractivity contribution in [3.8, 4) is 11.6 Å². The van der Waals surface area contributed by atoms with E-state index < -0.39 is 11.1 Å². The normalized spacial score (nSPS) is 12.2. The van der Waals surface area contributed by atoms with Gasteiger partial charge in [0.05, 0.1) is 25.7 Å². The van der Waals surface area contributed by atoms with Crippen LogP contribution in [-0.2, 0) is 16.8 Å². The minimum atomic E-state index is -1.91. The molecule has 0 saturated carbocycles. The van der Waals surface area contributed by atoms with Crippen molar-refractivity contribution in [2.45, 2.75) is 5.75 Å². The van der Waals surface area contributed by atoms with E-state index in [2.05, 4.69) is 4.98 Å². The van der Waals surface area contributed by atoms with Crippen LogP contribution in [0.2, 0.25) is 0 Å². The third-order valence-corrected chi connectivity index (χ3v) is 2.09. The number of ether oxygens (including phenoxy) is 2. The molecule has 78 valence electrons. The third-order valence-electron chi connectivity index (χ3n) is 1.54. The molecular weight excluding hydrogens is 206 g/mol. The molecule has 0 aliphatic carbocycles. The molecule has 1 aromatic heterocycles. The summed E-state index contributed by atoms with van der Waals surface area (Å²) in [7, 11) is 2.98. The van der Waals surface area contributed by atoms with Gasteiger partial charge < -0.3 is 14.0 Å². The number of hydrogen-bond donors (Lipinski definition) is 1. The Labute approximate surface area is 84.4 Å². The van der Waals surface area contributed by atoms with Crippen molar-refractivity contribution in [2.75, 3.05) is 14.2 Å². The fourth-order valence-corrected chi connectivity index (χ4v) is 1.36. The SMILES string of the molecule is COc1cc(CS(=O)O)nc(OC)c1. The Kier molecular flexibility index (Phi) is 3.84. The van der Waals surface area contributed by atoms with Gasteiger partial charge in [-0.15, -0.1) is 0 Å². The third kappa shape index (κ3) is 2.97. The standard InChI is InChI=1S/C8H11NO4S/c1-12-7-3-6(5-14(10)11)9-8(4-7)13-2/h3-4H,5H2,1-2H3,(H,10,11). The zero-order valence-corrected chi connectivity index (χ0v) is 8.71. The number of aromatic nitrogens is 1. The summed E-state index contributed by atoms with van der Waals surface area (Å²) in [5, 5.41) is 0. The Balaban J connectivity index is 2.98. The average Bonchev–Trinajstić information content (AvgIpc) is 2.16. The molecule has 14 heavy (non-hydrogen) atoms. The van der Waals surface area contributed by atoms with Gasteiger partial charge in [0.2, 0.25) is 5.88 Å². The molecule has 6 heteroatoms. The van der Waals surface area contributed by atoms with Crippen molar-refractivity contribution in [1.82, 2.24) is 4.98 Å². The van der Waals surface area contributed by atoms with E-state index in [0.717, 1.165) is 0 Å². The molecule has 1 N–H and O–H groups in total. The topological polar surface area (TPSA) is 68.7 Å².